The highest BCUT2D eigenvalue weighted by atomic mass is 32.1. The number of aromatic nitrogens is 1. The topological polar surface area (TPSA) is 36.4 Å². The molecule has 1 aromatic rings. The fourth-order valence-corrected chi connectivity index (χ4v) is 4.32. The molecule has 0 saturated heterocycles. The highest BCUT2D eigenvalue weighted by Crippen LogP contribution is 2.46. The van der Waals surface area contributed by atoms with Crippen LogP contribution < -0.4 is 4.90 Å². The third-order valence-electron chi connectivity index (χ3n) is 4.40. The summed E-state index contributed by atoms with van der Waals surface area (Å²) < 4.78 is 0. The van der Waals surface area contributed by atoms with E-state index in [-0.39, 0.29) is 11.5 Å². The molecule has 20 heavy (non-hydrogen) atoms. The van der Waals surface area contributed by atoms with Crippen LogP contribution in [0.5, 0.6) is 0 Å². The van der Waals surface area contributed by atoms with E-state index in [9.17, 15) is 5.11 Å². The van der Waals surface area contributed by atoms with E-state index in [0.29, 0.717) is 6.04 Å². The van der Waals surface area contributed by atoms with Crippen LogP contribution in [0, 0.1) is 5.41 Å². The molecule has 3 rings (SSSR count). The molecule has 1 heterocycles. The van der Waals surface area contributed by atoms with Gasteiger partial charge in [0.05, 0.1) is 16.7 Å². The lowest BCUT2D eigenvalue weighted by Gasteiger charge is -2.31. The molecule has 112 valence electrons. The van der Waals surface area contributed by atoms with Gasteiger partial charge in [0.15, 0.2) is 5.13 Å². The zero-order chi connectivity index (χ0) is 14.3. The summed E-state index contributed by atoms with van der Waals surface area (Å²) in [6.07, 6.45) is 6.62. The van der Waals surface area contributed by atoms with E-state index in [1.165, 1.54) is 25.7 Å². The molecule has 1 atom stereocenters. The Kier molecular flexibility index (Phi) is 3.80. The SMILES string of the molecule is CCCCN(c1nc2c(s1)C(O)CC(C)(C)C2)C1CC1. The zero-order valence-corrected chi connectivity index (χ0v) is 13.7. The van der Waals surface area contributed by atoms with Crippen LogP contribution in [0.3, 0.4) is 0 Å². The maximum absolute atomic E-state index is 10.4. The molecule has 1 aromatic heterocycles. The number of aliphatic hydroxyl groups excluding tert-OH is 1. The monoisotopic (exact) mass is 294 g/mol. The zero-order valence-electron chi connectivity index (χ0n) is 12.9. The molecule has 0 spiro atoms. The first kappa shape index (κ1) is 14.3. The Morgan fingerprint density at radius 3 is 2.80 bits per heavy atom. The van der Waals surface area contributed by atoms with Gasteiger partial charge in [0, 0.05) is 12.6 Å². The Hall–Kier alpha value is -0.610. The number of anilines is 1. The van der Waals surface area contributed by atoms with Crippen molar-refractivity contribution >= 4 is 16.5 Å². The van der Waals surface area contributed by atoms with Crippen LogP contribution in [0.15, 0.2) is 0 Å². The predicted octanol–water partition coefficient (Wildman–Crippen LogP) is 3.92. The molecule has 2 aliphatic carbocycles. The molecule has 0 bridgehead atoms. The Balaban J connectivity index is 1.84. The van der Waals surface area contributed by atoms with Crippen LogP contribution in [0.4, 0.5) is 5.13 Å². The van der Waals surface area contributed by atoms with E-state index < -0.39 is 0 Å². The molecular weight excluding hydrogens is 268 g/mol. The number of nitrogens with zero attached hydrogens (tertiary/aromatic N) is 2. The lowest BCUT2D eigenvalue weighted by molar-refractivity contribution is 0.102. The minimum absolute atomic E-state index is 0.172. The highest BCUT2D eigenvalue weighted by Gasteiger charge is 2.36. The second kappa shape index (κ2) is 5.30. The third kappa shape index (κ3) is 2.86. The molecule has 1 unspecified atom stereocenters. The Morgan fingerprint density at radius 1 is 1.40 bits per heavy atom. The minimum Gasteiger partial charge on any atom is -0.387 e. The molecule has 0 aromatic carbocycles. The number of unbranched alkanes of at least 4 members (excludes halogenated alkanes) is 1. The van der Waals surface area contributed by atoms with Crippen molar-refractivity contribution in [3.8, 4) is 0 Å². The summed E-state index contributed by atoms with van der Waals surface area (Å²) in [5.41, 5.74) is 1.32. The van der Waals surface area contributed by atoms with Crippen molar-refractivity contribution in [3.63, 3.8) is 0 Å². The number of aliphatic hydroxyl groups is 1. The largest absolute Gasteiger partial charge is 0.387 e. The Labute approximate surface area is 126 Å². The molecule has 0 radical (unpaired) electrons. The van der Waals surface area contributed by atoms with Gasteiger partial charge in [-0.15, -0.1) is 0 Å². The highest BCUT2D eigenvalue weighted by molar-refractivity contribution is 7.15. The van der Waals surface area contributed by atoms with Crippen LogP contribution in [0.1, 0.15) is 69.6 Å². The number of fused-ring (bicyclic) bond motifs is 1. The maximum Gasteiger partial charge on any atom is 0.186 e. The van der Waals surface area contributed by atoms with Crippen LogP contribution in [0.2, 0.25) is 0 Å². The number of thiazole rings is 1. The molecule has 4 heteroatoms. The smallest absolute Gasteiger partial charge is 0.186 e. The molecular formula is C16H26N2OS. The van der Waals surface area contributed by atoms with Gasteiger partial charge < -0.3 is 10.0 Å². The number of hydrogen-bond donors (Lipinski definition) is 1. The van der Waals surface area contributed by atoms with Crippen LogP contribution in [0.25, 0.3) is 0 Å². The lowest BCUT2D eigenvalue weighted by Crippen LogP contribution is -2.27. The van der Waals surface area contributed by atoms with Crippen molar-refractivity contribution < 1.29 is 5.11 Å². The van der Waals surface area contributed by atoms with Gasteiger partial charge in [-0.3, -0.25) is 0 Å². The van der Waals surface area contributed by atoms with Crippen molar-refractivity contribution in [2.45, 2.75) is 71.4 Å². The summed E-state index contributed by atoms with van der Waals surface area (Å²) >= 11 is 1.74. The van der Waals surface area contributed by atoms with Gasteiger partial charge in [-0.2, -0.15) is 0 Å². The summed E-state index contributed by atoms with van der Waals surface area (Å²) in [4.78, 5) is 8.51. The maximum atomic E-state index is 10.4. The van der Waals surface area contributed by atoms with Crippen LogP contribution in [-0.4, -0.2) is 22.7 Å². The minimum atomic E-state index is -0.313. The summed E-state index contributed by atoms with van der Waals surface area (Å²) in [7, 11) is 0. The molecule has 2 aliphatic rings. The predicted molar refractivity (Wildman–Crippen MR) is 84.5 cm³/mol. The molecule has 1 fully saturated rings. The van der Waals surface area contributed by atoms with Crippen molar-refractivity contribution in [3.05, 3.63) is 10.6 Å². The molecule has 0 amide bonds. The molecule has 1 N–H and O–H groups in total. The van der Waals surface area contributed by atoms with Crippen molar-refractivity contribution in [2.24, 2.45) is 5.41 Å². The van der Waals surface area contributed by atoms with Gasteiger partial charge in [0.25, 0.3) is 0 Å². The van der Waals surface area contributed by atoms with Gasteiger partial charge in [0.2, 0.25) is 0 Å². The van der Waals surface area contributed by atoms with E-state index in [1.54, 1.807) is 11.3 Å². The van der Waals surface area contributed by atoms with Gasteiger partial charge in [0.1, 0.15) is 0 Å². The summed E-state index contributed by atoms with van der Waals surface area (Å²) in [5, 5.41) is 11.5. The summed E-state index contributed by atoms with van der Waals surface area (Å²) in [6.45, 7) is 7.82. The van der Waals surface area contributed by atoms with Gasteiger partial charge in [-0.05, 0) is 37.5 Å². The second-order valence-electron chi connectivity index (χ2n) is 7.15. The van der Waals surface area contributed by atoms with Crippen LogP contribution >= 0.6 is 11.3 Å². The fraction of sp³-hybridized carbons (Fsp3) is 0.812. The average molecular weight is 294 g/mol. The lowest BCUT2D eigenvalue weighted by atomic mass is 9.77. The van der Waals surface area contributed by atoms with Gasteiger partial charge >= 0.3 is 0 Å². The van der Waals surface area contributed by atoms with E-state index in [2.05, 4.69) is 25.7 Å². The van der Waals surface area contributed by atoms with Crippen LogP contribution in [-0.2, 0) is 6.42 Å². The quantitative estimate of drug-likeness (QED) is 0.894. The fourth-order valence-electron chi connectivity index (χ4n) is 3.15. The molecule has 3 nitrogen and oxygen atoms in total. The van der Waals surface area contributed by atoms with Gasteiger partial charge in [-0.1, -0.05) is 38.5 Å². The normalized spacial score (nSPS) is 24.5. The number of hydrogen-bond acceptors (Lipinski definition) is 4. The molecule has 0 aliphatic heterocycles. The van der Waals surface area contributed by atoms with E-state index >= 15 is 0 Å². The second-order valence-corrected chi connectivity index (χ2v) is 8.16. The first-order valence-corrected chi connectivity index (χ1v) is 8.76. The summed E-state index contributed by atoms with van der Waals surface area (Å²) in [6, 6.07) is 0.708. The standard InChI is InChI=1S/C16H26N2OS/c1-4-5-8-18(11-6-7-11)15-17-12-9-16(2,3)10-13(19)14(12)20-15/h11,13,19H,4-10H2,1-3H3. The van der Waals surface area contributed by atoms with Crippen molar-refractivity contribution in [1.82, 2.24) is 4.98 Å². The third-order valence-corrected chi connectivity index (χ3v) is 5.63. The molecule has 1 saturated carbocycles. The van der Waals surface area contributed by atoms with Crippen molar-refractivity contribution in [1.29, 1.82) is 0 Å². The first-order chi connectivity index (χ1) is 9.50. The average Bonchev–Trinajstić information content (AvgIpc) is 3.09. The van der Waals surface area contributed by atoms with E-state index in [1.807, 2.05) is 0 Å². The summed E-state index contributed by atoms with van der Waals surface area (Å²) in [5.74, 6) is 0. The van der Waals surface area contributed by atoms with Gasteiger partial charge in [-0.25, -0.2) is 4.98 Å². The van der Waals surface area contributed by atoms with Crippen molar-refractivity contribution in [2.75, 3.05) is 11.4 Å². The first-order valence-electron chi connectivity index (χ1n) is 7.94. The van der Waals surface area contributed by atoms with E-state index in [0.717, 1.165) is 35.1 Å². The Bertz CT molecular complexity index is 479. The Morgan fingerprint density at radius 2 is 2.15 bits per heavy atom. The number of rotatable bonds is 5. The van der Waals surface area contributed by atoms with E-state index in [4.69, 9.17) is 4.98 Å².